The van der Waals surface area contributed by atoms with Crippen molar-refractivity contribution < 1.29 is 9.53 Å². The van der Waals surface area contributed by atoms with Gasteiger partial charge in [-0.2, -0.15) is 5.10 Å². The van der Waals surface area contributed by atoms with Crippen molar-refractivity contribution in [3.63, 3.8) is 0 Å². The summed E-state index contributed by atoms with van der Waals surface area (Å²) in [6.07, 6.45) is 2.72. The van der Waals surface area contributed by atoms with Gasteiger partial charge < -0.3 is 29.8 Å². The van der Waals surface area contributed by atoms with Crippen LogP contribution in [-0.2, 0) is 20.6 Å². The van der Waals surface area contributed by atoms with Crippen LogP contribution in [-0.4, -0.2) is 65.8 Å². The summed E-state index contributed by atoms with van der Waals surface area (Å²) in [5.74, 6) is 1.75. The quantitative estimate of drug-likeness (QED) is 0.189. The average Bonchev–Trinajstić information content (AvgIpc) is 3.27. The molecule has 1 amide bonds. The second kappa shape index (κ2) is 11.5. The number of fused-ring (bicyclic) bond motifs is 2. The monoisotopic (exact) mass is 662 g/mol. The Bertz CT molecular complexity index is 1990. The van der Waals surface area contributed by atoms with Crippen LogP contribution in [0.5, 0.6) is 5.75 Å². The third-order valence-corrected chi connectivity index (χ3v) is 10.7. The number of imidazole rings is 1. The van der Waals surface area contributed by atoms with Crippen LogP contribution in [0.15, 0.2) is 36.4 Å². The van der Waals surface area contributed by atoms with E-state index in [-0.39, 0.29) is 11.8 Å². The minimum Gasteiger partial charge on any atom is -0.494 e. The Hall–Kier alpha value is -3.73. The van der Waals surface area contributed by atoms with Crippen molar-refractivity contribution in [2.45, 2.75) is 44.0 Å². The molecule has 2 aliphatic rings. The van der Waals surface area contributed by atoms with Crippen LogP contribution >= 0.6 is 23.2 Å². The van der Waals surface area contributed by atoms with Crippen molar-refractivity contribution in [3.05, 3.63) is 53.3 Å². The number of piperidine rings is 1. The van der Waals surface area contributed by atoms with Gasteiger partial charge in [0.2, 0.25) is 0 Å². The van der Waals surface area contributed by atoms with E-state index in [0.29, 0.717) is 42.4 Å². The van der Waals surface area contributed by atoms with Crippen molar-refractivity contribution in [1.29, 1.82) is 0 Å². The largest absolute Gasteiger partial charge is 0.494 e. The molecule has 10 nitrogen and oxygen atoms in total. The summed E-state index contributed by atoms with van der Waals surface area (Å²) < 4.78 is 11.3. The second-order valence-corrected chi connectivity index (χ2v) is 14.4. The lowest BCUT2D eigenvalue weighted by atomic mass is 9.97. The predicted octanol–water partition coefficient (Wildman–Crippen LogP) is 6.30. The number of nitrogens with one attached hydrogen (secondary N) is 1. The summed E-state index contributed by atoms with van der Waals surface area (Å²) in [6.45, 7) is 6.66. The highest BCUT2D eigenvalue weighted by atomic mass is 35.5. The standard InChI is InChI=1S/C34H40Cl2N8O2/c1-19-29(20(2)42(4)40-19)38-25-10-6-9-22-13-27(44(30(22)25)18-24-15-34(24,35)36)32-39-26-12-23(14-28(46-5)31(26)41(32)3)33(45)43-11-7-8-21(16-37)17-43/h6,9-10,12-14,21,24,38H,7-8,11,15-18,37H2,1-5H3/t21-,24?/m0/s1. The Morgan fingerprint density at radius 2 is 1.96 bits per heavy atom. The van der Waals surface area contributed by atoms with E-state index in [1.807, 2.05) is 47.3 Å². The topological polar surface area (TPSA) is 108 Å². The number of aryl methyl sites for hydroxylation is 3. The maximum absolute atomic E-state index is 13.7. The molecule has 7 rings (SSSR count). The van der Waals surface area contributed by atoms with Crippen LogP contribution in [0.25, 0.3) is 33.5 Å². The number of anilines is 2. The van der Waals surface area contributed by atoms with Gasteiger partial charge in [0, 0.05) is 50.6 Å². The van der Waals surface area contributed by atoms with Crippen molar-refractivity contribution in [2.24, 2.45) is 31.7 Å². The van der Waals surface area contributed by atoms with Gasteiger partial charge in [-0.05, 0) is 69.8 Å². The number of benzene rings is 2. The molecular weight excluding hydrogens is 623 g/mol. The molecule has 46 heavy (non-hydrogen) atoms. The number of halogens is 2. The number of carbonyl (C=O) groups excluding carboxylic acids is 1. The van der Waals surface area contributed by atoms with Crippen molar-refractivity contribution >= 4 is 62.4 Å². The number of nitrogens with two attached hydrogens (primary N) is 1. The molecule has 4 heterocycles. The van der Waals surface area contributed by atoms with Crippen LogP contribution in [0, 0.1) is 25.7 Å². The summed E-state index contributed by atoms with van der Waals surface area (Å²) in [6, 6.07) is 12.1. The van der Waals surface area contributed by atoms with Gasteiger partial charge in [0.05, 0.1) is 46.6 Å². The number of aromatic nitrogens is 5. The number of rotatable bonds is 8. The minimum absolute atomic E-state index is 0.0225. The molecule has 242 valence electrons. The number of nitrogens with zero attached hydrogens (tertiary/aromatic N) is 6. The van der Waals surface area contributed by atoms with Gasteiger partial charge in [-0.25, -0.2) is 4.98 Å². The van der Waals surface area contributed by atoms with Gasteiger partial charge in [-0.3, -0.25) is 9.48 Å². The maximum Gasteiger partial charge on any atom is 0.254 e. The number of methoxy groups -OCH3 is 1. The molecule has 0 spiro atoms. The minimum atomic E-state index is -0.755. The molecule has 5 aromatic rings. The Kier molecular flexibility index (Phi) is 7.73. The summed E-state index contributed by atoms with van der Waals surface area (Å²) in [4.78, 5) is 20.7. The second-order valence-electron chi connectivity index (χ2n) is 12.9. The number of ether oxygens (including phenoxy) is 1. The van der Waals surface area contributed by atoms with Gasteiger partial charge in [0.1, 0.15) is 15.6 Å². The Balaban J connectivity index is 1.36. The van der Waals surface area contributed by atoms with Crippen LogP contribution < -0.4 is 15.8 Å². The van der Waals surface area contributed by atoms with E-state index in [9.17, 15) is 4.79 Å². The fourth-order valence-electron chi connectivity index (χ4n) is 7.02. The van der Waals surface area contributed by atoms with Crippen molar-refractivity contribution in [2.75, 3.05) is 32.1 Å². The smallest absolute Gasteiger partial charge is 0.254 e. The molecule has 1 unspecified atom stereocenters. The van der Waals surface area contributed by atoms with Crippen LogP contribution in [0.4, 0.5) is 11.4 Å². The summed E-state index contributed by atoms with van der Waals surface area (Å²) in [5, 5.41) is 9.34. The van der Waals surface area contributed by atoms with Gasteiger partial charge in [-0.15, -0.1) is 23.2 Å². The molecule has 1 saturated heterocycles. The molecule has 2 atom stereocenters. The maximum atomic E-state index is 13.7. The molecule has 2 fully saturated rings. The number of likely N-dealkylation sites (tertiary alicyclic amines) is 1. The summed E-state index contributed by atoms with van der Waals surface area (Å²) >= 11 is 13.2. The van der Waals surface area contributed by atoms with E-state index in [1.54, 1.807) is 7.11 Å². The highest BCUT2D eigenvalue weighted by Gasteiger charge is 2.52. The Morgan fingerprint density at radius 3 is 2.63 bits per heavy atom. The van der Waals surface area contributed by atoms with E-state index in [2.05, 4.69) is 46.2 Å². The Morgan fingerprint density at radius 1 is 1.17 bits per heavy atom. The van der Waals surface area contributed by atoms with Crippen LogP contribution in [0.2, 0.25) is 0 Å². The number of alkyl halides is 2. The van der Waals surface area contributed by atoms with Crippen molar-refractivity contribution in [3.8, 4) is 17.3 Å². The van der Waals surface area contributed by atoms with E-state index < -0.39 is 4.33 Å². The predicted molar refractivity (Wildman–Crippen MR) is 184 cm³/mol. The lowest BCUT2D eigenvalue weighted by molar-refractivity contribution is 0.0678. The molecule has 3 N–H and O–H groups in total. The number of para-hydroxylation sites is 1. The molecule has 12 heteroatoms. The van der Waals surface area contributed by atoms with E-state index in [1.165, 1.54) is 0 Å². The van der Waals surface area contributed by atoms with Gasteiger partial charge in [0.15, 0.2) is 5.82 Å². The molecule has 3 aromatic heterocycles. The van der Waals surface area contributed by atoms with Gasteiger partial charge >= 0.3 is 0 Å². The van der Waals surface area contributed by atoms with Gasteiger partial charge in [-0.1, -0.05) is 12.1 Å². The first kappa shape index (κ1) is 30.9. The third-order valence-electron chi connectivity index (χ3n) is 9.82. The molecule has 0 radical (unpaired) electrons. The summed E-state index contributed by atoms with van der Waals surface area (Å²) in [7, 11) is 5.57. The Labute approximate surface area is 278 Å². The molecule has 0 bridgehead atoms. The molecule has 1 aliphatic carbocycles. The highest BCUT2D eigenvalue weighted by molar-refractivity contribution is 6.50. The summed E-state index contributed by atoms with van der Waals surface area (Å²) in [5.41, 5.74) is 13.9. The zero-order valence-electron chi connectivity index (χ0n) is 26.9. The average molecular weight is 664 g/mol. The van der Waals surface area contributed by atoms with E-state index in [0.717, 1.165) is 76.5 Å². The first-order valence-electron chi connectivity index (χ1n) is 15.8. The first-order valence-corrected chi connectivity index (χ1v) is 16.6. The zero-order chi connectivity index (χ0) is 32.5. The lowest BCUT2D eigenvalue weighted by Crippen LogP contribution is -2.42. The number of amides is 1. The number of hydrogen-bond acceptors (Lipinski definition) is 6. The molecular formula is C34H40Cl2N8O2. The molecule has 1 aliphatic heterocycles. The van der Waals surface area contributed by atoms with E-state index in [4.69, 9.17) is 38.7 Å². The normalized spacial score (nSPS) is 19.3. The lowest BCUT2D eigenvalue weighted by Gasteiger charge is -2.32. The SMILES string of the molecule is COc1cc(C(=O)N2CCC[C@@H](CN)C2)cc2nc(-c3cc4cccc(Nc5c(C)nn(C)c5C)c4n3CC3CC3(Cl)Cl)n(C)c12. The number of carbonyl (C=O) groups is 1. The first-order chi connectivity index (χ1) is 22.0. The molecule has 1 saturated carbocycles. The van der Waals surface area contributed by atoms with Gasteiger partial charge in [0.25, 0.3) is 5.91 Å². The fraction of sp³-hybridized carbons (Fsp3) is 0.441. The van der Waals surface area contributed by atoms with Crippen LogP contribution in [0.1, 0.15) is 41.0 Å². The van der Waals surface area contributed by atoms with E-state index >= 15 is 0 Å². The molecule has 2 aromatic carbocycles. The third kappa shape index (κ3) is 5.20. The fourth-order valence-corrected chi connectivity index (χ4v) is 7.53. The zero-order valence-corrected chi connectivity index (χ0v) is 28.4. The number of hydrogen-bond donors (Lipinski definition) is 2. The van der Waals surface area contributed by atoms with Crippen LogP contribution in [0.3, 0.4) is 0 Å². The highest BCUT2D eigenvalue weighted by Crippen LogP contribution is 2.55. The van der Waals surface area contributed by atoms with Crippen molar-refractivity contribution in [1.82, 2.24) is 28.8 Å².